The zero-order valence-electron chi connectivity index (χ0n) is 36.1. The van der Waals surface area contributed by atoms with Crippen molar-refractivity contribution in [1.29, 1.82) is 10.5 Å². The van der Waals surface area contributed by atoms with Crippen LogP contribution in [-0.2, 0) is 10.0 Å². The van der Waals surface area contributed by atoms with Crippen molar-refractivity contribution < 1.29 is 8.42 Å². The minimum Gasteiger partial charge on any atom is -0.369 e. The van der Waals surface area contributed by atoms with E-state index in [0.29, 0.717) is 39.3 Å². The molecule has 1 N–H and O–H groups in total. The number of nitriles is 2. The topological polar surface area (TPSA) is 179 Å². The Kier molecular flexibility index (Phi) is 10.9. The van der Waals surface area contributed by atoms with Crippen LogP contribution < -0.4 is 20.9 Å². The first-order valence-electron chi connectivity index (χ1n) is 21.9. The van der Waals surface area contributed by atoms with Crippen LogP contribution in [0, 0.1) is 29.6 Å². The van der Waals surface area contributed by atoms with Crippen LogP contribution in [0.15, 0.2) is 149 Å². The Morgan fingerprint density at radius 2 is 1.18 bits per heavy atom. The maximum Gasteiger partial charge on any atom is 0.268 e. The monoisotopic (exact) mass is 892 g/mol. The fraction of sp³-hybridized carbons (Fsp3) is 0.216. The van der Waals surface area contributed by atoms with E-state index in [2.05, 4.69) is 36.9 Å². The van der Waals surface area contributed by atoms with Crippen LogP contribution in [0.3, 0.4) is 0 Å². The van der Waals surface area contributed by atoms with Gasteiger partial charge in [0.05, 0.1) is 73.6 Å². The lowest BCUT2D eigenvalue weighted by molar-refractivity contribution is 0.395. The molecule has 9 aromatic rings. The van der Waals surface area contributed by atoms with E-state index < -0.39 is 10.0 Å². The molecule has 2 fully saturated rings. The van der Waals surface area contributed by atoms with Crippen molar-refractivity contribution in [3.63, 3.8) is 0 Å². The molecule has 14 nitrogen and oxygen atoms in total. The quantitative estimate of drug-likeness (QED) is 0.171. The molecule has 0 unspecified atom stereocenters. The van der Waals surface area contributed by atoms with Gasteiger partial charge < -0.3 is 14.8 Å². The summed E-state index contributed by atoms with van der Waals surface area (Å²) >= 11 is 0. The molecule has 2 atom stereocenters. The molecule has 0 radical (unpaired) electrons. The second kappa shape index (κ2) is 17.2. The van der Waals surface area contributed by atoms with Gasteiger partial charge in [-0.05, 0) is 105 Å². The molecule has 5 aromatic carbocycles. The summed E-state index contributed by atoms with van der Waals surface area (Å²) in [5.74, 6) is 0. The number of anilines is 2. The van der Waals surface area contributed by atoms with Crippen molar-refractivity contribution in [3.8, 4) is 12.1 Å². The van der Waals surface area contributed by atoms with E-state index in [9.17, 15) is 28.5 Å². The highest BCUT2D eigenvalue weighted by atomic mass is 32.2. The van der Waals surface area contributed by atoms with Gasteiger partial charge in [-0.25, -0.2) is 22.4 Å². The number of para-hydroxylation sites is 2. The van der Waals surface area contributed by atoms with Crippen LogP contribution in [0.2, 0.25) is 0 Å². The Balaban J connectivity index is 0.000000162. The van der Waals surface area contributed by atoms with Gasteiger partial charge in [0.1, 0.15) is 12.1 Å². The fourth-order valence-corrected chi connectivity index (χ4v) is 11.0. The number of fused-ring (bicyclic) bond motifs is 4. The second-order valence-corrected chi connectivity index (χ2v) is 18.7. The summed E-state index contributed by atoms with van der Waals surface area (Å²) in [5.41, 5.74) is 6.41. The number of hydrogen-bond acceptors (Lipinski definition) is 10. The van der Waals surface area contributed by atoms with Crippen LogP contribution in [0.25, 0.3) is 43.6 Å². The molecule has 4 aromatic heterocycles. The minimum absolute atomic E-state index is 0.0177. The maximum atomic E-state index is 13.6. The maximum absolute atomic E-state index is 13.6. The van der Waals surface area contributed by atoms with Crippen LogP contribution in [0.1, 0.15) is 54.5 Å². The van der Waals surface area contributed by atoms with Crippen LogP contribution in [0.4, 0.5) is 11.4 Å². The first-order chi connectivity index (χ1) is 32.1. The number of aryl methyl sites for hydroxylation is 1. The normalized spacial score (nSPS) is 16.5. The number of piperidine rings is 2. The van der Waals surface area contributed by atoms with Gasteiger partial charge in [-0.2, -0.15) is 10.5 Å². The Morgan fingerprint density at radius 3 is 1.76 bits per heavy atom. The third-order valence-electron chi connectivity index (χ3n) is 13.0. The molecule has 15 heteroatoms. The summed E-state index contributed by atoms with van der Waals surface area (Å²) < 4.78 is 31.8. The van der Waals surface area contributed by atoms with Crippen LogP contribution in [0.5, 0.6) is 0 Å². The van der Waals surface area contributed by atoms with Gasteiger partial charge in [0, 0.05) is 60.7 Å². The summed E-state index contributed by atoms with van der Waals surface area (Å²) in [6.45, 7) is 4.89. The Morgan fingerprint density at radius 1 is 0.636 bits per heavy atom. The highest BCUT2D eigenvalue weighted by molar-refractivity contribution is 7.90. The number of benzene rings is 5. The zero-order valence-corrected chi connectivity index (χ0v) is 36.9. The van der Waals surface area contributed by atoms with Crippen molar-refractivity contribution in [2.45, 2.75) is 49.6 Å². The van der Waals surface area contributed by atoms with E-state index in [1.165, 1.54) is 10.2 Å². The third-order valence-corrected chi connectivity index (χ3v) is 14.6. The number of nitrogens with zero attached hydrogens (tertiary/aromatic N) is 9. The fourth-order valence-electron chi connectivity index (χ4n) is 9.60. The highest BCUT2D eigenvalue weighted by Gasteiger charge is 2.28. The van der Waals surface area contributed by atoms with E-state index in [4.69, 9.17) is 0 Å². The van der Waals surface area contributed by atoms with Crippen molar-refractivity contribution >= 4 is 65.0 Å². The molecule has 6 heterocycles. The molecule has 66 heavy (non-hydrogen) atoms. The number of aromatic nitrogens is 6. The number of hydrogen-bond donors (Lipinski definition) is 1. The smallest absolute Gasteiger partial charge is 0.268 e. The molecule has 0 spiro atoms. The van der Waals surface area contributed by atoms with Crippen molar-refractivity contribution in [2.24, 2.45) is 0 Å². The van der Waals surface area contributed by atoms with Gasteiger partial charge in [0.2, 0.25) is 0 Å². The van der Waals surface area contributed by atoms with E-state index in [1.54, 1.807) is 64.3 Å². The van der Waals surface area contributed by atoms with E-state index in [-0.39, 0.29) is 33.7 Å². The van der Waals surface area contributed by atoms with Gasteiger partial charge in [-0.3, -0.25) is 18.7 Å². The molecule has 0 amide bonds. The van der Waals surface area contributed by atoms with Crippen LogP contribution >= 0.6 is 0 Å². The SMILES string of the molecule is Cc1ccc(S(=O)(=O)n2ccc3c(N4CCC[C@@H](n5cnc6ccccc6c5=O)C4)ccc(C#N)c32)cc1.N#Cc1ccc(N2CCC[C@@H](n3cnc4ccccc4c3=O)C2)c2cc[nH]c12. The Labute approximate surface area is 379 Å². The van der Waals surface area contributed by atoms with Gasteiger partial charge >= 0.3 is 0 Å². The molecule has 0 aliphatic carbocycles. The average Bonchev–Trinajstić information content (AvgIpc) is 4.04. The van der Waals surface area contributed by atoms with E-state index >= 15 is 0 Å². The molecule has 0 bridgehead atoms. The number of H-pyrrole nitrogens is 1. The molecule has 11 rings (SSSR count). The molecule has 0 saturated carbocycles. The van der Waals surface area contributed by atoms with E-state index in [1.807, 2.05) is 79.9 Å². The first kappa shape index (κ1) is 42.0. The highest BCUT2D eigenvalue weighted by Crippen LogP contribution is 2.36. The minimum atomic E-state index is -3.91. The lowest BCUT2D eigenvalue weighted by Gasteiger charge is -2.35. The first-order valence-corrected chi connectivity index (χ1v) is 23.4. The largest absolute Gasteiger partial charge is 0.369 e. The summed E-state index contributed by atoms with van der Waals surface area (Å²) in [6.07, 6.45) is 10.3. The average molecular weight is 893 g/mol. The molecular formula is C51H44N10O4S. The predicted octanol–water partition coefficient (Wildman–Crippen LogP) is 8.20. The lowest BCUT2D eigenvalue weighted by atomic mass is 10.0. The Bertz CT molecular complexity index is 3650. The van der Waals surface area contributed by atoms with Crippen LogP contribution in [-0.4, -0.2) is 62.7 Å². The standard InChI is InChI=1S/C29H25N5O3S.C22H19N5O/c1-20-8-11-23(12-9-20)38(36,37)34-16-14-25-27(13-10-21(17-30)28(25)34)32-15-4-5-22(18-32)33-19-31-26-7-3-2-6-24(26)29(33)35;23-12-15-7-8-20(18-9-10-24-21(15)18)26-11-3-4-16(13-26)27-14-25-19-6-2-1-5-17(19)22(27)28/h2-3,6-14,16,19,22H,4-5,15,18H2,1H3;1-2,5-10,14,16,24H,3-4,11,13H2/t22-;16-/m11/s1. The van der Waals surface area contributed by atoms with Crippen molar-refractivity contribution in [3.05, 3.63) is 172 Å². The summed E-state index contributed by atoms with van der Waals surface area (Å²) in [4.78, 5) is 43.0. The third kappa shape index (κ3) is 7.43. The number of rotatable bonds is 6. The molecule has 2 aliphatic heterocycles. The Hall–Kier alpha value is -8.01. The molecule has 2 aliphatic rings. The van der Waals surface area contributed by atoms with Gasteiger partial charge in [0.15, 0.2) is 0 Å². The van der Waals surface area contributed by atoms with Crippen molar-refractivity contribution in [2.75, 3.05) is 36.0 Å². The molecule has 2 saturated heterocycles. The van der Waals surface area contributed by atoms with Gasteiger partial charge in [0.25, 0.3) is 21.1 Å². The van der Waals surface area contributed by atoms with Gasteiger partial charge in [-0.15, -0.1) is 0 Å². The summed E-state index contributed by atoms with van der Waals surface area (Å²) in [6, 6.07) is 37.1. The number of aromatic amines is 1. The van der Waals surface area contributed by atoms with Crippen molar-refractivity contribution in [1.82, 2.24) is 28.1 Å². The van der Waals surface area contributed by atoms with Gasteiger partial charge in [-0.1, -0.05) is 42.0 Å². The summed E-state index contributed by atoms with van der Waals surface area (Å²) in [7, 11) is -3.91. The molecule has 328 valence electrons. The summed E-state index contributed by atoms with van der Waals surface area (Å²) in [5, 5.41) is 22.2. The zero-order chi connectivity index (χ0) is 45.5. The second-order valence-electron chi connectivity index (χ2n) is 16.9. The van der Waals surface area contributed by atoms with E-state index in [0.717, 1.165) is 78.7 Å². The molecular weight excluding hydrogens is 849 g/mol. The predicted molar refractivity (Wildman–Crippen MR) is 256 cm³/mol. The lowest BCUT2D eigenvalue weighted by Crippen LogP contribution is -2.40. The number of nitrogens with one attached hydrogen (secondary N) is 1.